The van der Waals surface area contributed by atoms with Crippen molar-refractivity contribution in [3.05, 3.63) is 65.1 Å². The third-order valence-electron chi connectivity index (χ3n) is 3.25. The van der Waals surface area contributed by atoms with Crippen molar-refractivity contribution in [2.75, 3.05) is 5.32 Å². The average Bonchev–Trinajstić information content (AvgIpc) is 2.98. The first kappa shape index (κ1) is 15.2. The summed E-state index contributed by atoms with van der Waals surface area (Å²) >= 11 is 5.85. The Labute approximate surface area is 138 Å². The molecule has 0 aliphatic rings. The summed E-state index contributed by atoms with van der Waals surface area (Å²) in [6, 6.07) is 10.9. The summed E-state index contributed by atoms with van der Waals surface area (Å²) in [5.41, 5.74) is 2.27. The smallest absolute Gasteiger partial charge is 0.231 e. The first-order valence-electron chi connectivity index (χ1n) is 7.03. The lowest BCUT2D eigenvalue weighted by Crippen LogP contribution is -2.16. The SMILES string of the molecule is Cc1cccnc1NC(=O)Cc1coc(-c2ccc(Cl)cc2)n1. The number of nitrogens with one attached hydrogen (secondary N) is 1. The van der Waals surface area contributed by atoms with Gasteiger partial charge in [0.25, 0.3) is 0 Å². The van der Waals surface area contributed by atoms with Gasteiger partial charge in [-0.2, -0.15) is 0 Å². The number of aryl methyl sites for hydroxylation is 1. The predicted octanol–water partition coefficient (Wildman–Crippen LogP) is 3.88. The molecule has 5 nitrogen and oxygen atoms in total. The van der Waals surface area contributed by atoms with Crippen molar-refractivity contribution in [3.63, 3.8) is 0 Å². The first-order chi connectivity index (χ1) is 11.1. The zero-order valence-electron chi connectivity index (χ0n) is 12.4. The van der Waals surface area contributed by atoms with E-state index < -0.39 is 0 Å². The fraction of sp³-hybridized carbons (Fsp3) is 0.118. The molecule has 116 valence electrons. The van der Waals surface area contributed by atoms with Gasteiger partial charge in [0.1, 0.15) is 12.1 Å². The van der Waals surface area contributed by atoms with Crippen molar-refractivity contribution in [2.24, 2.45) is 0 Å². The van der Waals surface area contributed by atoms with Gasteiger partial charge in [0.2, 0.25) is 11.8 Å². The Bertz CT molecular complexity index is 828. The molecule has 0 atom stereocenters. The van der Waals surface area contributed by atoms with Crippen molar-refractivity contribution in [3.8, 4) is 11.5 Å². The minimum atomic E-state index is -0.192. The molecule has 0 spiro atoms. The monoisotopic (exact) mass is 327 g/mol. The summed E-state index contributed by atoms with van der Waals surface area (Å²) in [6.45, 7) is 1.89. The number of benzene rings is 1. The van der Waals surface area contributed by atoms with Crippen molar-refractivity contribution in [1.82, 2.24) is 9.97 Å². The standard InChI is InChI=1S/C17H14ClN3O2/c1-11-3-2-8-19-16(11)21-15(22)9-14-10-23-17(20-14)12-4-6-13(18)7-5-12/h2-8,10H,9H2,1H3,(H,19,21,22). The second-order valence-corrected chi connectivity index (χ2v) is 5.48. The molecule has 6 heteroatoms. The van der Waals surface area contributed by atoms with Crippen LogP contribution >= 0.6 is 11.6 Å². The number of halogens is 1. The van der Waals surface area contributed by atoms with Crippen LogP contribution in [0.4, 0.5) is 5.82 Å². The number of amides is 1. The summed E-state index contributed by atoms with van der Waals surface area (Å²) in [5.74, 6) is 0.820. The molecule has 1 aromatic carbocycles. The molecule has 1 amide bonds. The molecule has 0 aliphatic carbocycles. The highest BCUT2D eigenvalue weighted by atomic mass is 35.5. The van der Waals surface area contributed by atoms with Crippen LogP contribution < -0.4 is 5.32 Å². The summed E-state index contributed by atoms with van der Waals surface area (Å²) < 4.78 is 5.42. The second-order valence-electron chi connectivity index (χ2n) is 5.04. The Morgan fingerprint density at radius 1 is 1.26 bits per heavy atom. The molecule has 0 unspecified atom stereocenters. The Balaban J connectivity index is 1.68. The van der Waals surface area contributed by atoms with Gasteiger partial charge in [0, 0.05) is 16.8 Å². The Morgan fingerprint density at radius 2 is 2.04 bits per heavy atom. The predicted molar refractivity (Wildman–Crippen MR) is 88.3 cm³/mol. The van der Waals surface area contributed by atoms with E-state index in [0.717, 1.165) is 11.1 Å². The summed E-state index contributed by atoms with van der Waals surface area (Å²) in [7, 11) is 0. The van der Waals surface area contributed by atoms with E-state index in [9.17, 15) is 4.79 Å². The fourth-order valence-electron chi connectivity index (χ4n) is 2.07. The topological polar surface area (TPSA) is 68.0 Å². The molecule has 0 bridgehead atoms. The van der Waals surface area contributed by atoms with Crippen molar-refractivity contribution in [2.45, 2.75) is 13.3 Å². The number of nitrogens with zero attached hydrogens (tertiary/aromatic N) is 2. The third kappa shape index (κ3) is 3.76. The number of hydrogen-bond donors (Lipinski definition) is 1. The maximum absolute atomic E-state index is 12.1. The molecule has 0 aliphatic heterocycles. The van der Waals surface area contributed by atoms with E-state index in [4.69, 9.17) is 16.0 Å². The van der Waals surface area contributed by atoms with Crippen LogP contribution in [0, 0.1) is 6.92 Å². The molecule has 2 aromatic heterocycles. The summed E-state index contributed by atoms with van der Waals surface area (Å²) in [5, 5.41) is 3.41. The largest absolute Gasteiger partial charge is 0.444 e. The highest BCUT2D eigenvalue weighted by molar-refractivity contribution is 6.30. The number of hydrogen-bond acceptors (Lipinski definition) is 4. The maximum Gasteiger partial charge on any atom is 0.231 e. The number of aromatic nitrogens is 2. The number of carbonyl (C=O) groups is 1. The van der Waals surface area contributed by atoms with Crippen LogP contribution in [-0.4, -0.2) is 15.9 Å². The highest BCUT2D eigenvalue weighted by Gasteiger charge is 2.12. The van der Waals surface area contributed by atoms with Gasteiger partial charge in [-0.1, -0.05) is 17.7 Å². The molecule has 3 rings (SSSR count). The van der Waals surface area contributed by atoms with Crippen LogP contribution in [0.5, 0.6) is 0 Å². The van der Waals surface area contributed by atoms with Crippen molar-refractivity contribution >= 4 is 23.3 Å². The Kier molecular flexibility index (Phi) is 4.39. The van der Waals surface area contributed by atoms with Gasteiger partial charge < -0.3 is 9.73 Å². The molecule has 0 saturated heterocycles. The van der Waals surface area contributed by atoms with Gasteiger partial charge in [0.05, 0.1) is 12.1 Å². The zero-order valence-corrected chi connectivity index (χ0v) is 13.2. The van der Waals surface area contributed by atoms with Crippen LogP contribution in [0.3, 0.4) is 0 Å². The van der Waals surface area contributed by atoms with E-state index >= 15 is 0 Å². The normalized spacial score (nSPS) is 10.5. The van der Waals surface area contributed by atoms with E-state index in [1.807, 2.05) is 31.2 Å². The Hall–Kier alpha value is -2.66. The van der Waals surface area contributed by atoms with Gasteiger partial charge in [0.15, 0.2) is 0 Å². The summed E-state index contributed by atoms with van der Waals surface area (Å²) in [6.07, 6.45) is 3.24. The molecule has 1 N–H and O–H groups in total. The highest BCUT2D eigenvalue weighted by Crippen LogP contribution is 2.21. The zero-order chi connectivity index (χ0) is 16.2. The minimum Gasteiger partial charge on any atom is -0.444 e. The first-order valence-corrected chi connectivity index (χ1v) is 7.41. The van der Waals surface area contributed by atoms with E-state index in [2.05, 4.69) is 15.3 Å². The minimum absolute atomic E-state index is 0.118. The third-order valence-corrected chi connectivity index (χ3v) is 3.50. The maximum atomic E-state index is 12.1. The van der Waals surface area contributed by atoms with Crippen LogP contribution in [0.25, 0.3) is 11.5 Å². The molecule has 0 fully saturated rings. The molecule has 23 heavy (non-hydrogen) atoms. The number of rotatable bonds is 4. The quantitative estimate of drug-likeness (QED) is 0.789. The molecule has 0 saturated carbocycles. The lowest BCUT2D eigenvalue weighted by Gasteiger charge is -2.05. The van der Waals surface area contributed by atoms with E-state index in [1.165, 1.54) is 6.26 Å². The summed E-state index contributed by atoms with van der Waals surface area (Å²) in [4.78, 5) is 20.5. The van der Waals surface area contributed by atoms with Crippen LogP contribution in [0.15, 0.2) is 53.3 Å². The fourth-order valence-corrected chi connectivity index (χ4v) is 2.20. The van der Waals surface area contributed by atoms with Crippen LogP contribution in [0.1, 0.15) is 11.3 Å². The molecule has 2 heterocycles. The lowest BCUT2D eigenvalue weighted by molar-refractivity contribution is -0.115. The van der Waals surface area contributed by atoms with E-state index in [1.54, 1.807) is 18.3 Å². The lowest BCUT2D eigenvalue weighted by atomic mass is 10.2. The number of anilines is 1. The average molecular weight is 328 g/mol. The van der Waals surface area contributed by atoms with Crippen LogP contribution in [0.2, 0.25) is 5.02 Å². The van der Waals surface area contributed by atoms with Gasteiger partial charge in [-0.25, -0.2) is 9.97 Å². The molecular formula is C17H14ClN3O2. The van der Waals surface area contributed by atoms with Crippen molar-refractivity contribution in [1.29, 1.82) is 0 Å². The molecule has 0 radical (unpaired) electrons. The number of pyridine rings is 1. The van der Waals surface area contributed by atoms with Gasteiger partial charge >= 0.3 is 0 Å². The van der Waals surface area contributed by atoms with Crippen LogP contribution in [-0.2, 0) is 11.2 Å². The van der Waals surface area contributed by atoms with Crippen molar-refractivity contribution < 1.29 is 9.21 Å². The number of oxazole rings is 1. The van der Waals surface area contributed by atoms with Gasteiger partial charge in [-0.3, -0.25) is 4.79 Å². The molecule has 3 aromatic rings. The molecular weight excluding hydrogens is 314 g/mol. The Morgan fingerprint density at radius 3 is 2.78 bits per heavy atom. The van der Waals surface area contributed by atoms with Gasteiger partial charge in [-0.15, -0.1) is 0 Å². The second kappa shape index (κ2) is 6.62. The van der Waals surface area contributed by atoms with Gasteiger partial charge in [-0.05, 0) is 42.8 Å². The van der Waals surface area contributed by atoms with E-state index in [-0.39, 0.29) is 12.3 Å². The number of carbonyl (C=O) groups excluding carboxylic acids is 1. The van der Waals surface area contributed by atoms with E-state index in [0.29, 0.717) is 22.4 Å².